The first-order valence-corrected chi connectivity index (χ1v) is 26.7. The van der Waals surface area contributed by atoms with Gasteiger partial charge in [-0.05, 0) is 51.4 Å². The van der Waals surface area contributed by atoms with Crippen LogP contribution >= 0.6 is 0 Å². The van der Waals surface area contributed by atoms with Crippen molar-refractivity contribution >= 4 is 5.91 Å². The molecule has 3 N–H and O–H groups in total. The Labute approximate surface area is 370 Å². The summed E-state index contributed by atoms with van der Waals surface area (Å²) in [6.07, 6.45) is 68.3. The van der Waals surface area contributed by atoms with Gasteiger partial charge in [-0.1, -0.05) is 269 Å². The summed E-state index contributed by atoms with van der Waals surface area (Å²) in [6.45, 7) is 4.37. The minimum absolute atomic E-state index is 0.0406. The number of carbonyl (C=O) groups is 1. The minimum atomic E-state index is -0.666. The first-order chi connectivity index (χ1) is 29.2. The molecule has 0 aromatic rings. The van der Waals surface area contributed by atoms with Crippen molar-refractivity contribution in [3.8, 4) is 0 Å². The van der Waals surface area contributed by atoms with Crippen LogP contribution in [0.3, 0.4) is 0 Å². The highest BCUT2D eigenvalue weighted by Crippen LogP contribution is 2.17. The van der Waals surface area contributed by atoms with E-state index >= 15 is 0 Å². The van der Waals surface area contributed by atoms with Gasteiger partial charge in [-0.2, -0.15) is 0 Å². The van der Waals surface area contributed by atoms with Gasteiger partial charge in [0.15, 0.2) is 0 Å². The van der Waals surface area contributed by atoms with Crippen LogP contribution in [0.4, 0.5) is 0 Å². The smallest absolute Gasteiger partial charge is 0.220 e. The molecule has 0 rings (SSSR count). The summed E-state index contributed by atoms with van der Waals surface area (Å²) in [6, 6.07) is -0.544. The number of hydrogen-bond acceptors (Lipinski definition) is 3. The SMILES string of the molecule is CCCCCCC/C=C\C/C=C\C/C=C\CCCCCCCCC(=O)NC(CO)C(O)CCCCCCCCCCCCCCCCCCCCCCCCCCCC. The Hall–Kier alpha value is -1.39. The third-order valence-electron chi connectivity index (χ3n) is 12.4. The van der Waals surface area contributed by atoms with Crippen molar-refractivity contribution in [1.29, 1.82) is 0 Å². The lowest BCUT2D eigenvalue weighted by molar-refractivity contribution is -0.123. The van der Waals surface area contributed by atoms with Crippen LogP contribution in [0, 0.1) is 0 Å². The lowest BCUT2D eigenvalue weighted by Gasteiger charge is -2.22. The van der Waals surface area contributed by atoms with E-state index in [2.05, 4.69) is 55.6 Å². The summed E-state index contributed by atoms with van der Waals surface area (Å²) < 4.78 is 0. The number of rotatable bonds is 49. The van der Waals surface area contributed by atoms with Crippen molar-refractivity contribution in [2.45, 2.75) is 302 Å². The monoisotopic (exact) mass is 828 g/mol. The predicted octanol–water partition coefficient (Wildman–Crippen LogP) is 17.3. The fraction of sp³-hybridized carbons (Fsp3) is 0.873. The molecule has 0 aromatic heterocycles. The molecule has 0 bridgehead atoms. The molecule has 348 valence electrons. The Bertz CT molecular complexity index is 897. The maximum absolute atomic E-state index is 12.5. The van der Waals surface area contributed by atoms with Crippen LogP contribution < -0.4 is 5.32 Å². The first-order valence-electron chi connectivity index (χ1n) is 26.7. The standard InChI is InChI=1S/C55H105NO3/c1-3-5-7-9-11-13-15-17-19-21-23-25-26-27-28-29-31-32-34-36-38-40-42-44-46-48-50-54(58)53(52-57)56-55(59)51-49-47-45-43-41-39-37-35-33-30-24-22-20-18-16-14-12-10-8-6-4-2/h16,18,22,24,33,35,53-54,57-58H,3-15,17,19-21,23,25-32,34,36-52H2,1-2H3,(H,56,59)/b18-16-,24-22-,35-33-. The molecule has 0 aromatic carbocycles. The summed E-state index contributed by atoms with van der Waals surface area (Å²) >= 11 is 0. The Morgan fingerprint density at radius 1 is 0.407 bits per heavy atom. The van der Waals surface area contributed by atoms with Crippen molar-refractivity contribution in [2.24, 2.45) is 0 Å². The zero-order chi connectivity index (χ0) is 42.8. The van der Waals surface area contributed by atoms with Crippen LogP contribution in [0.25, 0.3) is 0 Å². The molecule has 0 aliphatic carbocycles. The highest BCUT2D eigenvalue weighted by molar-refractivity contribution is 5.76. The average Bonchev–Trinajstić information content (AvgIpc) is 3.24. The van der Waals surface area contributed by atoms with Crippen LogP contribution in [0.5, 0.6) is 0 Å². The van der Waals surface area contributed by atoms with Crippen molar-refractivity contribution < 1.29 is 15.0 Å². The van der Waals surface area contributed by atoms with E-state index in [4.69, 9.17) is 0 Å². The second-order valence-electron chi connectivity index (χ2n) is 18.3. The van der Waals surface area contributed by atoms with Crippen LogP contribution in [0.2, 0.25) is 0 Å². The Kier molecular flexibility index (Phi) is 49.8. The quantitative estimate of drug-likeness (QED) is 0.0423. The molecule has 0 saturated heterocycles. The maximum atomic E-state index is 12.5. The Balaban J connectivity index is 3.48. The predicted molar refractivity (Wildman–Crippen MR) is 262 cm³/mol. The molecular formula is C55H105NO3. The van der Waals surface area contributed by atoms with E-state index in [1.807, 2.05) is 0 Å². The van der Waals surface area contributed by atoms with Gasteiger partial charge in [0.2, 0.25) is 5.91 Å². The molecule has 0 radical (unpaired) electrons. The Morgan fingerprint density at radius 3 is 1.03 bits per heavy atom. The van der Waals surface area contributed by atoms with E-state index in [9.17, 15) is 15.0 Å². The van der Waals surface area contributed by atoms with Crippen LogP contribution in [-0.4, -0.2) is 34.9 Å². The van der Waals surface area contributed by atoms with E-state index in [0.717, 1.165) is 51.4 Å². The topological polar surface area (TPSA) is 69.6 Å². The fourth-order valence-electron chi connectivity index (χ4n) is 8.31. The van der Waals surface area contributed by atoms with Gasteiger partial charge in [-0.3, -0.25) is 4.79 Å². The zero-order valence-electron chi connectivity index (χ0n) is 40.0. The molecule has 2 unspecified atom stereocenters. The number of nitrogens with one attached hydrogen (secondary N) is 1. The average molecular weight is 828 g/mol. The molecule has 4 heteroatoms. The largest absolute Gasteiger partial charge is 0.394 e. The Morgan fingerprint density at radius 2 is 0.695 bits per heavy atom. The summed E-state index contributed by atoms with van der Waals surface area (Å²) in [7, 11) is 0. The number of unbranched alkanes of at least 4 members (excludes halogenated alkanes) is 36. The van der Waals surface area contributed by atoms with Crippen molar-refractivity contribution in [3.05, 3.63) is 36.5 Å². The van der Waals surface area contributed by atoms with E-state index < -0.39 is 12.1 Å². The molecule has 4 nitrogen and oxygen atoms in total. The number of aliphatic hydroxyl groups is 2. The van der Waals surface area contributed by atoms with Crippen LogP contribution in [0.15, 0.2) is 36.5 Å². The van der Waals surface area contributed by atoms with Crippen LogP contribution in [-0.2, 0) is 4.79 Å². The van der Waals surface area contributed by atoms with Crippen molar-refractivity contribution in [2.75, 3.05) is 6.61 Å². The second kappa shape index (κ2) is 51.0. The van der Waals surface area contributed by atoms with E-state index in [-0.39, 0.29) is 12.5 Å². The van der Waals surface area contributed by atoms with E-state index in [1.165, 1.54) is 212 Å². The van der Waals surface area contributed by atoms with Crippen LogP contribution in [0.1, 0.15) is 290 Å². The molecule has 1 amide bonds. The molecule has 59 heavy (non-hydrogen) atoms. The molecule has 0 heterocycles. The highest BCUT2D eigenvalue weighted by atomic mass is 16.3. The van der Waals surface area contributed by atoms with Gasteiger partial charge in [0.25, 0.3) is 0 Å². The van der Waals surface area contributed by atoms with Gasteiger partial charge < -0.3 is 15.5 Å². The summed E-state index contributed by atoms with van der Waals surface area (Å²) in [5.74, 6) is -0.0406. The van der Waals surface area contributed by atoms with Crippen molar-refractivity contribution in [3.63, 3.8) is 0 Å². The number of aliphatic hydroxyl groups excluding tert-OH is 2. The van der Waals surface area contributed by atoms with Gasteiger partial charge in [-0.15, -0.1) is 0 Å². The zero-order valence-corrected chi connectivity index (χ0v) is 40.0. The molecular weight excluding hydrogens is 723 g/mol. The maximum Gasteiger partial charge on any atom is 0.220 e. The molecule has 0 saturated carbocycles. The first kappa shape index (κ1) is 57.6. The van der Waals surface area contributed by atoms with Gasteiger partial charge in [0, 0.05) is 6.42 Å². The third kappa shape index (κ3) is 47.5. The van der Waals surface area contributed by atoms with E-state index in [0.29, 0.717) is 12.8 Å². The molecule has 0 aliphatic heterocycles. The fourth-order valence-corrected chi connectivity index (χ4v) is 8.31. The number of amides is 1. The second-order valence-corrected chi connectivity index (χ2v) is 18.3. The summed E-state index contributed by atoms with van der Waals surface area (Å²) in [5.41, 5.74) is 0. The van der Waals surface area contributed by atoms with Gasteiger partial charge in [0.1, 0.15) is 0 Å². The van der Waals surface area contributed by atoms with Gasteiger partial charge in [-0.25, -0.2) is 0 Å². The third-order valence-corrected chi connectivity index (χ3v) is 12.4. The minimum Gasteiger partial charge on any atom is -0.394 e. The van der Waals surface area contributed by atoms with Crippen molar-refractivity contribution in [1.82, 2.24) is 5.32 Å². The molecule has 0 aliphatic rings. The molecule has 0 fully saturated rings. The van der Waals surface area contributed by atoms with Gasteiger partial charge in [0.05, 0.1) is 18.8 Å². The molecule has 2 atom stereocenters. The summed E-state index contributed by atoms with van der Waals surface area (Å²) in [4.78, 5) is 12.5. The highest BCUT2D eigenvalue weighted by Gasteiger charge is 2.20. The lowest BCUT2D eigenvalue weighted by Crippen LogP contribution is -2.45. The number of carbonyl (C=O) groups excluding carboxylic acids is 1. The van der Waals surface area contributed by atoms with E-state index in [1.54, 1.807) is 0 Å². The summed E-state index contributed by atoms with van der Waals surface area (Å²) in [5, 5.41) is 23.3. The number of allylic oxidation sites excluding steroid dienone is 6. The molecule has 0 spiro atoms. The lowest BCUT2D eigenvalue weighted by atomic mass is 10.0. The normalized spacial score (nSPS) is 13.1. The van der Waals surface area contributed by atoms with Gasteiger partial charge >= 0.3 is 0 Å². The number of hydrogen-bond donors (Lipinski definition) is 3.